The van der Waals surface area contributed by atoms with Crippen LogP contribution in [0.5, 0.6) is 0 Å². The molecule has 0 radical (unpaired) electrons. The van der Waals surface area contributed by atoms with E-state index in [1.807, 2.05) is 36.6 Å². The van der Waals surface area contributed by atoms with Gasteiger partial charge in [0.05, 0.1) is 16.0 Å². The molecule has 2 aromatic rings. The van der Waals surface area contributed by atoms with Crippen molar-refractivity contribution < 1.29 is 4.79 Å². The summed E-state index contributed by atoms with van der Waals surface area (Å²) < 4.78 is 0. The van der Waals surface area contributed by atoms with Gasteiger partial charge in [0.15, 0.2) is 0 Å². The van der Waals surface area contributed by atoms with E-state index in [1.54, 1.807) is 48.1 Å². The Labute approximate surface area is 183 Å². The number of aliphatic imine (C=N–C) groups is 2. The smallest absolute Gasteiger partial charge is 0.255 e. The van der Waals surface area contributed by atoms with Gasteiger partial charge >= 0.3 is 0 Å². The second-order valence-corrected chi connectivity index (χ2v) is 8.37. The fourth-order valence-corrected chi connectivity index (χ4v) is 4.43. The lowest BCUT2D eigenvalue weighted by molar-refractivity contribution is -0.126. The number of carbonyl (C=O) groups is 1. The van der Waals surface area contributed by atoms with E-state index in [0.29, 0.717) is 27.1 Å². The van der Waals surface area contributed by atoms with Crippen molar-refractivity contribution in [1.29, 1.82) is 0 Å². The highest BCUT2D eigenvalue weighted by molar-refractivity contribution is 7.98. The van der Waals surface area contributed by atoms with Gasteiger partial charge in [-0.1, -0.05) is 41.4 Å². The zero-order chi connectivity index (χ0) is 20.5. The quantitative estimate of drug-likeness (QED) is 0.672. The number of guanidine groups is 1. The Morgan fingerprint density at radius 3 is 2.59 bits per heavy atom. The zero-order valence-electron chi connectivity index (χ0n) is 15.8. The predicted molar refractivity (Wildman–Crippen MR) is 122 cm³/mol. The number of likely N-dealkylation sites (N-methyl/N-ethyl adjacent to an activating group) is 1. The molecule has 4 rings (SSSR count). The minimum atomic E-state index is -0.378. The summed E-state index contributed by atoms with van der Waals surface area (Å²) in [5.41, 5.74) is 1.91. The van der Waals surface area contributed by atoms with Gasteiger partial charge in [0.25, 0.3) is 5.91 Å². The predicted octanol–water partition coefficient (Wildman–Crippen LogP) is 5.07. The Bertz CT molecular complexity index is 1050. The Morgan fingerprint density at radius 2 is 1.86 bits per heavy atom. The van der Waals surface area contributed by atoms with E-state index in [1.165, 1.54) is 0 Å². The van der Waals surface area contributed by atoms with E-state index in [2.05, 4.69) is 15.3 Å². The van der Waals surface area contributed by atoms with Gasteiger partial charge < -0.3 is 10.2 Å². The number of halogens is 2. The van der Waals surface area contributed by atoms with E-state index in [0.717, 1.165) is 10.6 Å². The lowest BCUT2D eigenvalue weighted by Gasteiger charge is -2.36. The molecule has 8 heteroatoms. The summed E-state index contributed by atoms with van der Waals surface area (Å²) in [5.74, 6) is 0.129. The van der Waals surface area contributed by atoms with Crippen LogP contribution >= 0.6 is 35.0 Å². The first-order valence-electron chi connectivity index (χ1n) is 8.94. The Hall–Kier alpha value is -2.28. The van der Waals surface area contributed by atoms with Gasteiger partial charge in [-0.05, 0) is 36.6 Å². The molecule has 0 aliphatic carbocycles. The average Bonchev–Trinajstić information content (AvgIpc) is 2.72. The maximum absolute atomic E-state index is 13.0. The van der Waals surface area contributed by atoms with Crippen molar-refractivity contribution in [3.63, 3.8) is 0 Å². The van der Waals surface area contributed by atoms with Gasteiger partial charge in [-0.2, -0.15) is 0 Å². The molecule has 2 heterocycles. The highest BCUT2D eigenvalue weighted by Crippen LogP contribution is 2.37. The SMILES string of the molecule is CSc1cccc(NC2=N[C@@H]3[C@H](C=N2)C=C(c2c(Cl)cccc2Cl)C(=O)N3C)c1. The molecule has 0 fully saturated rings. The fourth-order valence-electron chi connectivity index (χ4n) is 3.37. The normalized spacial score (nSPS) is 20.8. The van der Waals surface area contributed by atoms with Crippen LogP contribution < -0.4 is 5.32 Å². The van der Waals surface area contributed by atoms with Gasteiger partial charge in [-0.3, -0.25) is 4.79 Å². The minimum Gasteiger partial charge on any atom is -0.324 e. The molecule has 1 amide bonds. The molecule has 1 N–H and O–H groups in total. The summed E-state index contributed by atoms with van der Waals surface area (Å²) in [6, 6.07) is 13.2. The van der Waals surface area contributed by atoms with E-state index < -0.39 is 0 Å². The molecule has 29 heavy (non-hydrogen) atoms. The third-order valence-corrected chi connectivity index (χ3v) is 6.19. The number of rotatable bonds is 3. The van der Waals surface area contributed by atoms with Crippen molar-refractivity contribution in [1.82, 2.24) is 4.90 Å². The van der Waals surface area contributed by atoms with Gasteiger partial charge in [-0.25, -0.2) is 9.98 Å². The molecule has 2 aromatic carbocycles. The maximum atomic E-state index is 13.0. The lowest BCUT2D eigenvalue weighted by Crippen LogP contribution is -2.47. The highest BCUT2D eigenvalue weighted by atomic mass is 35.5. The number of nitrogens with one attached hydrogen (secondary N) is 1. The Morgan fingerprint density at radius 1 is 1.14 bits per heavy atom. The van der Waals surface area contributed by atoms with Crippen LogP contribution in [-0.2, 0) is 4.79 Å². The number of fused-ring (bicyclic) bond motifs is 1. The van der Waals surface area contributed by atoms with Crippen molar-refractivity contribution in [2.45, 2.75) is 11.1 Å². The van der Waals surface area contributed by atoms with Crippen molar-refractivity contribution >= 4 is 64.3 Å². The first-order valence-corrected chi connectivity index (χ1v) is 10.9. The van der Waals surface area contributed by atoms with Crippen LogP contribution in [0.1, 0.15) is 5.56 Å². The van der Waals surface area contributed by atoms with E-state index in [9.17, 15) is 4.79 Å². The number of hydrogen-bond donors (Lipinski definition) is 1. The monoisotopic (exact) mass is 444 g/mol. The van der Waals surface area contributed by atoms with Crippen LogP contribution in [0.2, 0.25) is 10.0 Å². The summed E-state index contributed by atoms with van der Waals surface area (Å²) in [7, 11) is 1.73. The first kappa shape index (κ1) is 20.0. The molecule has 2 aliphatic rings. The van der Waals surface area contributed by atoms with Crippen molar-refractivity contribution in [3.8, 4) is 0 Å². The third-order valence-electron chi connectivity index (χ3n) is 4.83. The molecule has 0 aromatic heterocycles. The van der Waals surface area contributed by atoms with E-state index >= 15 is 0 Å². The summed E-state index contributed by atoms with van der Waals surface area (Å²) in [6.45, 7) is 0. The standard InChI is InChI=1S/C21H18Cl2N4OS/c1-27-19-12(9-15(20(27)28)18-16(22)7-4-8-17(18)23)11-24-21(26-19)25-13-5-3-6-14(10-13)29-2/h3-12,19H,1-2H3,(H,25,26)/t12-,19-/m0/s1. The van der Waals surface area contributed by atoms with Crippen molar-refractivity contribution in [3.05, 3.63) is 64.1 Å². The van der Waals surface area contributed by atoms with Gasteiger partial charge in [0, 0.05) is 35.0 Å². The summed E-state index contributed by atoms with van der Waals surface area (Å²) >= 11 is 14.3. The van der Waals surface area contributed by atoms with Crippen LogP contribution in [0, 0.1) is 5.92 Å². The number of benzene rings is 2. The summed E-state index contributed by atoms with van der Waals surface area (Å²) in [6.07, 6.45) is 5.29. The molecular formula is C21H18Cl2N4OS. The second-order valence-electron chi connectivity index (χ2n) is 6.67. The number of anilines is 1. The lowest BCUT2D eigenvalue weighted by atomic mass is 9.92. The highest BCUT2D eigenvalue weighted by Gasteiger charge is 2.37. The molecule has 148 valence electrons. The number of thioether (sulfide) groups is 1. The van der Waals surface area contributed by atoms with Crippen molar-refractivity contribution in [2.24, 2.45) is 15.9 Å². The molecule has 0 spiro atoms. The largest absolute Gasteiger partial charge is 0.324 e. The molecule has 0 saturated heterocycles. The average molecular weight is 445 g/mol. The zero-order valence-corrected chi connectivity index (χ0v) is 18.1. The molecule has 2 aliphatic heterocycles. The number of carbonyl (C=O) groups excluding carboxylic acids is 1. The molecule has 5 nitrogen and oxygen atoms in total. The van der Waals surface area contributed by atoms with Crippen LogP contribution in [-0.4, -0.2) is 42.5 Å². The molecule has 0 unspecified atom stereocenters. The minimum absolute atomic E-state index is 0.164. The number of nitrogens with zero attached hydrogens (tertiary/aromatic N) is 3. The van der Waals surface area contributed by atoms with Gasteiger partial charge in [0.2, 0.25) is 5.96 Å². The maximum Gasteiger partial charge on any atom is 0.255 e. The topological polar surface area (TPSA) is 57.1 Å². The molecule has 0 bridgehead atoms. The fraction of sp³-hybridized carbons (Fsp3) is 0.190. The van der Waals surface area contributed by atoms with E-state index in [4.69, 9.17) is 23.2 Å². The summed E-state index contributed by atoms with van der Waals surface area (Å²) in [5, 5.41) is 4.10. The van der Waals surface area contributed by atoms with Crippen LogP contribution in [0.4, 0.5) is 5.69 Å². The molecular weight excluding hydrogens is 427 g/mol. The Balaban J connectivity index is 1.64. The number of hydrogen-bond acceptors (Lipinski definition) is 5. The second kappa shape index (κ2) is 8.22. The van der Waals surface area contributed by atoms with Gasteiger partial charge in [-0.15, -0.1) is 11.8 Å². The Kier molecular flexibility index (Phi) is 5.67. The first-order chi connectivity index (χ1) is 14.0. The van der Waals surface area contributed by atoms with Crippen LogP contribution in [0.15, 0.2) is 63.4 Å². The number of amides is 1. The van der Waals surface area contributed by atoms with Crippen LogP contribution in [0.25, 0.3) is 5.57 Å². The van der Waals surface area contributed by atoms with Gasteiger partial charge in [0.1, 0.15) is 6.17 Å². The molecule has 2 atom stereocenters. The molecule has 0 saturated carbocycles. The van der Waals surface area contributed by atoms with Crippen molar-refractivity contribution in [2.75, 3.05) is 18.6 Å². The van der Waals surface area contributed by atoms with E-state index in [-0.39, 0.29) is 18.0 Å². The van der Waals surface area contributed by atoms with Crippen LogP contribution in [0.3, 0.4) is 0 Å². The third kappa shape index (κ3) is 3.92. The summed E-state index contributed by atoms with van der Waals surface area (Å²) in [4.78, 5) is 24.9.